The molecule has 0 rings (SSSR count). The van der Waals surface area contributed by atoms with Crippen LogP contribution in [-0.4, -0.2) is 12.1 Å². The average molecular weight is 156 g/mol. The van der Waals surface area contributed by atoms with E-state index in [1.54, 1.807) is 13.8 Å². The van der Waals surface area contributed by atoms with E-state index in [9.17, 15) is 4.79 Å². The van der Waals surface area contributed by atoms with Gasteiger partial charge in [0.1, 0.15) is 0 Å². The predicted molar refractivity (Wildman–Crippen MR) is 45.5 cm³/mol. The first-order chi connectivity index (χ1) is 4.75. The molecule has 11 heavy (non-hydrogen) atoms. The summed E-state index contributed by atoms with van der Waals surface area (Å²) in [6.07, 6.45) is 1.26. The Balaban J connectivity index is 4.81. The summed E-state index contributed by atoms with van der Waals surface area (Å²) in [7, 11) is 0. The standard InChI is InChI=1S/C8H16N2O/c1-7(2,5-9)8(3,4)6(10)11/h5,9H,1-4H3,(H2,10,11). The van der Waals surface area contributed by atoms with Crippen LogP contribution in [0, 0.1) is 16.2 Å². The molecular weight excluding hydrogens is 140 g/mol. The summed E-state index contributed by atoms with van der Waals surface area (Å²) in [4.78, 5) is 10.9. The highest BCUT2D eigenvalue weighted by Gasteiger charge is 2.40. The van der Waals surface area contributed by atoms with E-state index in [1.807, 2.05) is 13.8 Å². The number of amides is 1. The topological polar surface area (TPSA) is 66.9 Å². The molecule has 0 aromatic carbocycles. The monoisotopic (exact) mass is 156 g/mol. The summed E-state index contributed by atoms with van der Waals surface area (Å²) in [6, 6.07) is 0. The first-order valence-corrected chi connectivity index (χ1v) is 3.57. The summed E-state index contributed by atoms with van der Waals surface area (Å²) in [5.41, 5.74) is 4.06. The van der Waals surface area contributed by atoms with Crippen molar-refractivity contribution in [2.24, 2.45) is 16.6 Å². The molecule has 0 heterocycles. The van der Waals surface area contributed by atoms with Crippen LogP contribution in [-0.2, 0) is 4.79 Å². The van der Waals surface area contributed by atoms with Crippen molar-refractivity contribution < 1.29 is 4.79 Å². The molecule has 0 spiro atoms. The number of rotatable bonds is 3. The fourth-order valence-electron chi connectivity index (χ4n) is 0.498. The third kappa shape index (κ3) is 1.59. The van der Waals surface area contributed by atoms with Gasteiger partial charge in [-0.1, -0.05) is 27.7 Å². The normalized spacial score (nSPS) is 12.7. The van der Waals surface area contributed by atoms with Gasteiger partial charge < -0.3 is 11.1 Å². The van der Waals surface area contributed by atoms with Gasteiger partial charge in [0, 0.05) is 11.6 Å². The molecule has 3 N–H and O–H groups in total. The second kappa shape index (κ2) is 2.64. The molecule has 0 atom stereocenters. The second-order valence-corrected chi connectivity index (χ2v) is 3.86. The minimum atomic E-state index is -0.658. The van der Waals surface area contributed by atoms with E-state index >= 15 is 0 Å². The van der Waals surface area contributed by atoms with E-state index in [0.29, 0.717) is 0 Å². The second-order valence-electron chi connectivity index (χ2n) is 3.86. The smallest absolute Gasteiger partial charge is 0.223 e. The van der Waals surface area contributed by atoms with E-state index in [0.717, 1.165) is 0 Å². The summed E-state index contributed by atoms with van der Waals surface area (Å²) < 4.78 is 0. The number of primary amides is 1. The van der Waals surface area contributed by atoms with Crippen LogP contribution in [0.5, 0.6) is 0 Å². The number of nitrogens with two attached hydrogens (primary N) is 1. The zero-order valence-electron chi connectivity index (χ0n) is 7.56. The van der Waals surface area contributed by atoms with Crippen molar-refractivity contribution in [3.63, 3.8) is 0 Å². The van der Waals surface area contributed by atoms with Crippen molar-refractivity contribution in [2.75, 3.05) is 0 Å². The molecule has 0 saturated carbocycles. The van der Waals surface area contributed by atoms with Crippen LogP contribution in [0.4, 0.5) is 0 Å². The molecule has 0 bridgehead atoms. The van der Waals surface area contributed by atoms with Crippen molar-refractivity contribution in [3.8, 4) is 0 Å². The van der Waals surface area contributed by atoms with E-state index in [4.69, 9.17) is 11.1 Å². The quantitative estimate of drug-likeness (QED) is 0.592. The van der Waals surface area contributed by atoms with E-state index in [-0.39, 0.29) is 5.91 Å². The molecule has 0 unspecified atom stereocenters. The number of hydrogen-bond donors (Lipinski definition) is 2. The maximum Gasteiger partial charge on any atom is 0.223 e. The molecule has 3 nitrogen and oxygen atoms in total. The largest absolute Gasteiger partial charge is 0.369 e. The summed E-state index contributed by atoms with van der Waals surface area (Å²) in [5.74, 6) is -0.369. The predicted octanol–water partition coefficient (Wildman–Crippen LogP) is 1.17. The fourth-order valence-corrected chi connectivity index (χ4v) is 0.498. The van der Waals surface area contributed by atoms with Crippen molar-refractivity contribution in [1.82, 2.24) is 0 Å². The average Bonchev–Trinajstić information content (AvgIpc) is 1.87. The lowest BCUT2D eigenvalue weighted by Crippen LogP contribution is -2.44. The molecule has 3 heteroatoms. The van der Waals surface area contributed by atoms with Crippen molar-refractivity contribution >= 4 is 12.1 Å². The molecule has 64 valence electrons. The van der Waals surface area contributed by atoms with Crippen molar-refractivity contribution in [3.05, 3.63) is 0 Å². The lowest BCUT2D eigenvalue weighted by molar-refractivity contribution is -0.129. The Morgan fingerprint density at radius 2 is 1.73 bits per heavy atom. The number of carbonyl (C=O) groups excluding carboxylic acids is 1. The van der Waals surface area contributed by atoms with Gasteiger partial charge in [0.15, 0.2) is 0 Å². The summed E-state index contributed by atoms with van der Waals surface area (Å²) in [5, 5.41) is 7.12. The summed E-state index contributed by atoms with van der Waals surface area (Å²) in [6.45, 7) is 7.15. The number of nitrogens with one attached hydrogen (secondary N) is 1. The lowest BCUT2D eigenvalue weighted by atomic mass is 9.68. The fraction of sp³-hybridized carbons (Fsp3) is 0.750. The number of hydrogen-bond acceptors (Lipinski definition) is 2. The zero-order chi connectivity index (χ0) is 9.28. The number of carbonyl (C=O) groups is 1. The van der Waals surface area contributed by atoms with Gasteiger partial charge in [-0.25, -0.2) is 0 Å². The van der Waals surface area contributed by atoms with Crippen LogP contribution >= 0.6 is 0 Å². The lowest BCUT2D eigenvalue weighted by Gasteiger charge is -2.35. The van der Waals surface area contributed by atoms with Crippen LogP contribution in [0.3, 0.4) is 0 Å². The highest BCUT2D eigenvalue weighted by molar-refractivity contribution is 5.85. The molecular formula is C8H16N2O. The van der Waals surface area contributed by atoms with E-state index in [1.165, 1.54) is 6.21 Å². The van der Waals surface area contributed by atoms with Gasteiger partial charge in [0.05, 0.1) is 5.41 Å². The van der Waals surface area contributed by atoms with Crippen LogP contribution in [0.15, 0.2) is 0 Å². The Morgan fingerprint density at radius 1 is 1.36 bits per heavy atom. The zero-order valence-corrected chi connectivity index (χ0v) is 7.56. The maximum absolute atomic E-state index is 10.9. The minimum absolute atomic E-state index is 0.369. The Bertz CT molecular complexity index is 183. The van der Waals surface area contributed by atoms with Crippen molar-refractivity contribution in [2.45, 2.75) is 27.7 Å². The molecule has 0 saturated heterocycles. The first-order valence-electron chi connectivity index (χ1n) is 3.57. The highest BCUT2D eigenvalue weighted by atomic mass is 16.1. The Hall–Kier alpha value is -0.860. The Labute approximate surface area is 67.5 Å². The van der Waals surface area contributed by atoms with E-state index in [2.05, 4.69) is 0 Å². The van der Waals surface area contributed by atoms with Gasteiger partial charge in [-0.3, -0.25) is 4.79 Å². The molecule has 0 aromatic rings. The van der Waals surface area contributed by atoms with Gasteiger partial charge in [-0.05, 0) is 0 Å². The Morgan fingerprint density at radius 3 is 1.82 bits per heavy atom. The SMILES string of the molecule is CC(C)(C=N)C(C)(C)C(N)=O. The minimum Gasteiger partial charge on any atom is -0.369 e. The molecule has 0 aliphatic rings. The highest BCUT2D eigenvalue weighted by Crippen LogP contribution is 2.35. The van der Waals surface area contributed by atoms with Gasteiger partial charge in [0.2, 0.25) is 5.91 Å². The van der Waals surface area contributed by atoms with Crippen LogP contribution in [0.25, 0.3) is 0 Å². The van der Waals surface area contributed by atoms with Crippen LogP contribution in [0.2, 0.25) is 0 Å². The van der Waals surface area contributed by atoms with Gasteiger partial charge in [-0.15, -0.1) is 0 Å². The van der Waals surface area contributed by atoms with Crippen LogP contribution < -0.4 is 5.73 Å². The van der Waals surface area contributed by atoms with E-state index < -0.39 is 10.8 Å². The van der Waals surface area contributed by atoms with Gasteiger partial charge >= 0.3 is 0 Å². The molecule has 0 radical (unpaired) electrons. The summed E-state index contributed by atoms with van der Waals surface area (Å²) >= 11 is 0. The van der Waals surface area contributed by atoms with Gasteiger partial charge in [0.25, 0.3) is 0 Å². The molecule has 1 amide bonds. The Kier molecular flexibility index (Phi) is 2.44. The molecule has 0 aliphatic heterocycles. The maximum atomic E-state index is 10.9. The third-order valence-corrected chi connectivity index (χ3v) is 2.59. The molecule has 0 aromatic heterocycles. The van der Waals surface area contributed by atoms with Crippen LogP contribution in [0.1, 0.15) is 27.7 Å². The third-order valence-electron chi connectivity index (χ3n) is 2.59. The van der Waals surface area contributed by atoms with Gasteiger partial charge in [-0.2, -0.15) is 0 Å². The van der Waals surface area contributed by atoms with Crippen molar-refractivity contribution in [1.29, 1.82) is 5.41 Å². The first kappa shape index (κ1) is 10.1. The molecule has 0 aliphatic carbocycles. The molecule has 0 fully saturated rings.